The van der Waals surface area contributed by atoms with E-state index in [9.17, 15) is 0 Å². The van der Waals surface area contributed by atoms with Crippen LogP contribution in [0.5, 0.6) is 0 Å². The third-order valence-electron chi connectivity index (χ3n) is 7.85. The Bertz CT molecular complexity index is 1440. The molecule has 0 unspecified atom stereocenters. The van der Waals surface area contributed by atoms with Crippen molar-refractivity contribution in [2.24, 2.45) is 0 Å². The largest absolute Gasteiger partial charge is 0.349 e. The van der Waals surface area contributed by atoms with E-state index in [0.717, 1.165) is 32.8 Å². The molecule has 0 fully saturated rings. The Morgan fingerprint density at radius 1 is 0.512 bits per heavy atom. The van der Waals surface area contributed by atoms with E-state index in [2.05, 4.69) is 157 Å². The second kappa shape index (κ2) is 11.8. The van der Waals surface area contributed by atoms with Gasteiger partial charge >= 0.3 is 0 Å². The maximum Gasteiger partial charge on any atom is 0.0910 e. The molecule has 6 rings (SSSR count). The zero-order valence-electron chi connectivity index (χ0n) is 24.7. The molecule has 2 aliphatic heterocycles. The lowest BCUT2D eigenvalue weighted by Crippen LogP contribution is -2.46. The summed E-state index contributed by atoms with van der Waals surface area (Å²) in [6, 6.07) is 31.5. The molecule has 0 spiro atoms. The third-order valence-corrected chi connectivity index (χ3v) is 7.85. The average Bonchev–Trinajstić information content (AvgIpc) is 2.95. The second-order valence-corrected chi connectivity index (χ2v) is 11.9. The summed E-state index contributed by atoms with van der Waals surface area (Å²) in [7, 11) is 8.42. The van der Waals surface area contributed by atoms with Gasteiger partial charge in [-0.25, -0.2) is 0 Å². The Morgan fingerprint density at radius 3 is 1.27 bits per heavy atom. The highest BCUT2D eigenvalue weighted by atomic mass is 15.4. The maximum atomic E-state index is 2.51. The summed E-state index contributed by atoms with van der Waals surface area (Å²) in [6.45, 7) is 4.76. The van der Waals surface area contributed by atoms with E-state index in [4.69, 9.17) is 0 Å². The van der Waals surface area contributed by atoms with Gasteiger partial charge in [0, 0.05) is 37.6 Å². The maximum absolute atomic E-state index is 2.51. The highest BCUT2D eigenvalue weighted by Gasteiger charge is 2.29. The first-order chi connectivity index (χ1) is 19.9. The van der Waals surface area contributed by atoms with Gasteiger partial charge in [-0.05, 0) is 97.0 Å². The minimum absolute atomic E-state index is 0.939. The lowest BCUT2D eigenvalue weighted by Gasteiger charge is -2.45. The van der Waals surface area contributed by atoms with E-state index in [0.29, 0.717) is 0 Å². The molecule has 0 saturated heterocycles. The van der Waals surface area contributed by atoms with Crippen LogP contribution in [0.3, 0.4) is 0 Å². The standard InChI is InChI=1S/C37H40N4/c1-38(2)23-32-13-7-28(8-14-32)5-11-30-17-19-36-34(21-30)25-40-27-41(36)26-35-22-31(18-20-37(35)40)12-6-29-9-15-33(16-10-29)24-39(3)4/h5-22H,23-27H2,1-4H3/b11-5+,12-6+. The predicted molar refractivity (Wildman–Crippen MR) is 176 cm³/mol. The fraction of sp³-hybridized carbons (Fsp3) is 0.243. The van der Waals surface area contributed by atoms with Gasteiger partial charge in [0.15, 0.2) is 0 Å². The fourth-order valence-electron chi connectivity index (χ4n) is 5.91. The van der Waals surface area contributed by atoms with Crippen molar-refractivity contribution in [1.29, 1.82) is 0 Å². The molecule has 0 atom stereocenters. The number of benzene rings is 4. The number of nitrogens with zero attached hydrogens (tertiary/aromatic N) is 4. The SMILES string of the molecule is CN(C)Cc1ccc(/C=C/c2ccc3c(c2)CN2CN3Cc3cc(/C=C/c4ccc(CN(C)C)cc4)ccc32)cc1. The molecule has 4 heteroatoms. The van der Waals surface area contributed by atoms with E-state index in [1.807, 2.05) is 0 Å². The van der Waals surface area contributed by atoms with Gasteiger partial charge in [-0.1, -0.05) is 85.0 Å². The summed E-state index contributed by atoms with van der Waals surface area (Å²) >= 11 is 0. The van der Waals surface area contributed by atoms with Crippen LogP contribution < -0.4 is 9.80 Å². The van der Waals surface area contributed by atoms with Crippen LogP contribution in [-0.4, -0.2) is 44.7 Å². The topological polar surface area (TPSA) is 13.0 Å². The van der Waals surface area contributed by atoms with Gasteiger partial charge in [0.1, 0.15) is 0 Å². The van der Waals surface area contributed by atoms with E-state index in [-0.39, 0.29) is 0 Å². The van der Waals surface area contributed by atoms with Crippen molar-refractivity contribution in [3.63, 3.8) is 0 Å². The zero-order valence-corrected chi connectivity index (χ0v) is 24.7. The zero-order chi connectivity index (χ0) is 28.3. The molecule has 4 aromatic carbocycles. The molecule has 0 radical (unpaired) electrons. The highest BCUT2D eigenvalue weighted by molar-refractivity contribution is 5.76. The Labute approximate surface area is 245 Å². The molecule has 4 nitrogen and oxygen atoms in total. The Morgan fingerprint density at radius 2 is 0.878 bits per heavy atom. The lowest BCUT2D eigenvalue weighted by molar-refractivity contribution is 0.402. The minimum atomic E-state index is 0.939. The Hall–Kier alpha value is -4.12. The summed E-state index contributed by atoms with van der Waals surface area (Å²) in [6.07, 6.45) is 8.90. The molecule has 2 aliphatic rings. The Balaban J connectivity index is 1.14. The highest BCUT2D eigenvalue weighted by Crippen LogP contribution is 2.39. The first-order valence-electron chi connectivity index (χ1n) is 14.5. The van der Waals surface area contributed by atoms with Crippen LogP contribution in [0.25, 0.3) is 24.3 Å². The molecule has 0 aromatic heterocycles. The molecule has 0 N–H and O–H groups in total. The van der Waals surface area contributed by atoms with Crippen molar-refractivity contribution in [3.05, 3.63) is 129 Å². The van der Waals surface area contributed by atoms with E-state index < -0.39 is 0 Å². The van der Waals surface area contributed by atoms with Crippen LogP contribution in [0.2, 0.25) is 0 Å². The summed E-state index contributed by atoms with van der Waals surface area (Å²) in [5.41, 5.74) is 13.1. The molecule has 0 amide bonds. The molecule has 0 saturated carbocycles. The van der Waals surface area contributed by atoms with E-state index in [1.165, 1.54) is 55.9 Å². The Kier molecular flexibility index (Phi) is 7.78. The monoisotopic (exact) mass is 540 g/mol. The smallest absolute Gasteiger partial charge is 0.0910 e. The van der Waals surface area contributed by atoms with Crippen LogP contribution in [0, 0.1) is 0 Å². The van der Waals surface area contributed by atoms with Crippen molar-refractivity contribution < 1.29 is 0 Å². The van der Waals surface area contributed by atoms with Gasteiger partial charge in [0.25, 0.3) is 0 Å². The van der Waals surface area contributed by atoms with Crippen molar-refractivity contribution in [2.45, 2.75) is 26.2 Å². The van der Waals surface area contributed by atoms with E-state index >= 15 is 0 Å². The van der Waals surface area contributed by atoms with Gasteiger partial charge < -0.3 is 19.6 Å². The van der Waals surface area contributed by atoms with Gasteiger partial charge in [-0.2, -0.15) is 0 Å². The molecule has 2 heterocycles. The van der Waals surface area contributed by atoms with Crippen LogP contribution in [0.1, 0.15) is 44.5 Å². The predicted octanol–water partition coefficient (Wildman–Crippen LogP) is 7.45. The van der Waals surface area contributed by atoms with Gasteiger partial charge in [0.2, 0.25) is 0 Å². The molecule has 4 aromatic rings. The molecular formula is C37H40N4. The molecule has 2 bridgehead atoms. The first-order valence-corrected chi connectivity index (χ1v) is 14.5. The van der Waals surface area contributed by atoms with Crippen molar-refractivity contribution >= 4 is 35.7 Å². The normalized spacial score (nSPS) is 14.4. The van der Waals surface area contributed by atoms with Crippen LogP contribution in [-0.2, 0) is 26.2 Å². The lowest BCUT2D eigenvalue weighted by atomic mass is 9.98. The minimum Gasteiger partial charge on any atom is -0.349 e. The number of hydrogen-bond donors (Lipinski definition) is 0. The average molecular weight is 541 g/mol. The summed E-state index contributed by atoms with van der Waals surface area (Å²) in [5, 5.41) is 0. The summed E-state index contributed by atoms with van der Waals surface area (Å²) in [4.78, 5) is 9.41. The van der Waals surface area contributed by atoms with Gasteiger partial charge in [0.05, 0.1) is 6.67 Å². The molecule has 41 heavy (non-hydrogen) atoms. The molecular weight excluding hydrogens is 500 g/mol. The number of anilines is 2. The second-order valence-electron chi connectivity index (χ2n) is 11.9. The van der Waals surface area contributed by atoms with Crippen molar-refractivity contribution in [1.82, 2.24) is 9.80 Å². The molecule has 208 valence electrons. The quantitative estimate of drug-likeness (QED) is 0.215. The number of hydrogen-bond acceptors (Lipinski definition) is 4. The van der Waals surface area contributed by atoms with E-state index in [1.54, 1.807) is 0 Å². The van der Waals surface area contributed by atoms with Gasteiger partial charge in [-0.15, -0.1) is 0 Å². The molecule has 0 aliphatic carbocycles. The van der Waals surface area contributed by atoms with Gasteiger partial charge in [-0.3, -0.25) is 0 Å². The van der Waals surface area contributed by atoms with Crippen LogP contribution in [0.15, 0.2) is 84.9 Å². The summed E-state index contributed by atoms with van der Waals surface area (Å²) < 4.78 is 0. The summed E-state index contributed by atoms with van der Waals surface area (Å²) in [5.74, 6) is 0. The van der Waals surface area contributed by atoms with Crippen molar-refractivity contribution in [3.8, 4) is 0 Å². The van der Waals surface area contributed by atoms with Crippen molar-refractivity contribution in [2.75, 3.05) is 44.7 Å². The third kappa shape index (κ3) is 6.45. The van der Waals surface area contributed by atoms with Crippen LogP contribution in [0.4, 0.5) is 11.4 Å². The number of fused-ring (bicyclic) bond motifs is 6. The fourth-order valence-corrected chi connectivity index (χ4v) is 5.91. The van der Waals surface area contributed by atoms with Crippen LogP contribution >= 0.6 is 0 Å². The first kappa shape index (κ1) is 27.1. The number of rotatable bonds is 8.